The van der Waals surface area contributed by atoms with Crippen LogP contribution in [0.15, 0.2) is 4.52 Å². The third kappa shape index (κ3) is 4.64. The van der Waals surface area contributed by atoms with Crippen LogP contribution in [-0.4, -0.2) is 90.2 Å². The van der Waals surface area contributed by atoms with Crippen LogP contribution in [-0.2, 0) is 9.53 Å². The number of hydrogen-bond acceptors (Lipinski definition) is 6. The Kier molecular flexibility index (Phi) is 6.20. The molecule has 4 rings (SSSR count). The van der Waals surface area contributed by atoms with Gasteiger partial charge >= 0.3 is 0 Å². The Bertz CT molecular complexity index is 720. The number of rotatable bonds is 6. The van der Waals surface area contributed by atoms with Crippen LogP contribution in [0.25, 0.3) is 0 Å². The van der Waals surface area contributed by atoms with Gasteiger partial charge in [-0.15, -0.1) is 0 Å². The van der Waals surface area contributed by atoms with Gasteiger partial charge in [0.15, 0.2) is 0 Å². The number of carbonyl (C=O) groups excluding carboxylic acids is 2. The van der Waals surface area contributed by atoms with E-state index in [0.717, 1.165) is 65.1 Å². The highest BCUT2D eigenvalue weighted by atomic mass is 16.5. The van der Waals surface area contributed by atoms with Gasteiger partial charge in [-0.2, -0.15) is 0 Å². The summed E-state index contributed by atoms with van der Waals surface area (Å²) < 4.78 is 10.6. The fraction of sp³-hybridized carbons (Fsp3) is 0.762. The van der Waals surface area contributed by atoms with E-state index in [1.807, 2.05) is 4.90 Å². The minimum Gasteiger partial charge on any atom is -0.379 e. The fourth-order valence-corrected chi connectivity index (χ4v) is 4.45. The van der Waals surface area contributed by atoms with Crippen LogP contribution >= 0.6 is 0 Å². The first-order chi connectivity index (χ1) is 14.0. The van der Waals surface area contributed by atoms with Gasteiger partial charge in [0.25, 0.3) is 5.91 Å². The van der Waals surface area contributed by atoms with Crippen LogP contribution in [0.5, 0.6) is 0 Å². The molecule has 2 amide bonds. The average molecular weight is 405 g/mol. The highest BCUT2D eigenvalue weighted by Crippen LogP contribution is 2.33. The van der Waals surface area contributed by atoms with Crippen molar-refractivity contribution in [1.29, 1.82) is 0 Å². The lowest BCUT2D eigenvalue weighted by Crippen LogP contribution is -2.54. The number of piperidine rings is 1. The number of nitrogens with zero attached hydrogens (tertiary/aromatic N) is 4. The van der Waals surface area contributed by atoms with E-state index in [1.165, 1.54) is 0 Å². The quantitative estimate of drug-likeness (QED) is 0.714. The molecule has 3 heterocycles. The molecule has 0 N–H and O–H groups in total. The SMILES string of the molecule is Cc1noc(C)c1C(=O)N1CCCC(N(CCN2CCOCC2)C(=O)C2CC2)C1. The highest BCUT2D eigenvalue weighted by Gasteiger charge is 2.38. The Morgan fingerprint density at radius 3 is 2.55 bits per heavy atom. The summed E-state index contributed by atoms with van der Waals surface area (Å²) >= 11 is 0. The summed E-state index contributed by atoms with van der Waals surface area (Å²) in [7, 11) is 0. The molecule has 8 nitrogen and oxygen atoms in total. The number of morpholine rings is 1. The molecule has 1 unspecified atom stereocenters. The van der Waals surface area contributed by atoms with Crippen LogP contribution in [0.4, 0.5) is 0 Å². The number of likely N-dealkylation sites (tertiary alicyclic amines) is 1. The number of hydrogen-bond donors (Lipinski definition) is 0. The molecule has 1 aromatic rings. The fourth-order valence-electron chi connectivity index (χ4n) is 4.45. The summed E-state index contributed by atoms with van der Waals surface area (Å²) in [5.41, 5.74) is 1.20. The molecule has 8 heteroatoms. The van der Waals surface area contributed by atoms with Crippen molar-refractivity contribution in [1.82, 2.24) is 19.9 Å². The molecule has 1 saturated carbocycles. The molecule has 1 aromatic heterocycles. The van der Waals surface area contributed by atoms with E-state index in [0.29, 0.717) is 30.1 Å². The van der Waals surface area contributed by atoms with Crippen molar-refractivity contribution in [3.8, 4) is 0 Å². The predicted octanol–water partition coefficient (Wildman–Crippen LogP) is 1.47. The Balaban J connectivity index is 1.43. The number of amides is 2. The largest absolute Gasteiger partial charge is 0.379 e. The van der Waals surface area contributed by atoms with E-state index in [2.05, 4.69) is 15.0 Å². The minimum absolute atomic E-state index is 0.0297. The normalized spacial score (nSPS) is 23.2. The lowest BCUT2D eigenvalue weighted by Gasteiger charge is -2.40. The molecule has 2 saturated heterocycles. The first kappa shape index (κ1) is 20.3. The molecule has 1 atom stereocenters. The second kappa shape index (κ2) is 8.83. The van der Waals surface area contributed by atoms with Crippen molar-refractivity contribution in [2.45, 2.75) is 45.6 Å². The summed E-state index contributed by atoms with van der Waals surface area (Å²) in [6.07, 6.45) is 3.86. The molecule has 1 aliphatic carbocycles. The number of ether oxygens (including phenoxy) is 1. The molecule has 0 spiro atoms. The monoisotopic (exact) mass is 404 g/mol. The van der Waals surface area contributed by atoms with Gasteiger partial charge in [0.1, 0.15) is 11.3 Å². The Morgan fingerprint density at radius 1 is 1.14 bits per heavy atom. The van der Waals surface area contributed by atoms with Gasteiger partial charge in [-0.3, -0.25) is 14.5 Å². The van der Waals surface area contributed by atoms with Gasteiger partial charge in [-0.25, -0.2) is 0 Å². The zero-order valence-electron chi connectivity index (χ0n) is 17.6. The average Bonchev–Trinajstić information content (AvgIpc) is 3.54. The summed E-state index contributed by atoms with van der Waals surface area (Å²) in [6, 6.07) is 0.0855. The summed E-state index contributed by atoms with van der Waals surface area (Å²) in [5.74, 6) is 0.994. The van der Waals surface area contributed by atoms with E-state index in [4.69, 9.17) is 9.26 Å². The molecular formula is C21H32N4O4. The van der Waals surface area contributed by atoms with Gasteiger partial charge in [0, 0.05) is 51.2 Å². The molecule has 160 valence electrons. The number of aryl methyl sites for hydroxylation is 2. The zero-order chi connectivity index (χ0) is 20.4. The van der Waals surface area contributed by atoms with Crippen LogP contribution in [0.2, 0.25) is 0 Å². The molecule has 2 aliphatic heterocycles. The zero-order valence-corrected chi connectivity index (χ0v) is 17.6. The molecule has 29 heavy (non-hydrogen) atoms. The molecule has 0 bridgehead atoms. The van der Waals surface area contributed by atoms with E-state index in [1.54, 1.807) is 13.8 Å². The first-order valence-electron chi connectivity index (χ1n) is 10.9. The Morgan fingerprint density at radius 2 is 1.90 bits per heavy atom. The maximum absolute atomic E-state index is 13.1. The number of aromatic nitrogens is 1. The topological polar surface area (TPSA) is 79.1 Å². The summed E-state index contributed by atoms with van der Waals surface area (Å²) in [6.45, 7) is 9.86. The van der Waals surface area contributed by atoms with E-state index in [-0.39, 0.29) is 23.8 Å². The molecule has 0 aromatic carbocycles. The van der Waals surface area contributed by atoms with Crippen LogP contribution in [0, 0.1) is 19.8 Å². The van der Waals surface area contributed by atoms with Crippen LogP contribution < -0.4 is 0 Å². The van der Waals surface area contributed by atoms with Gasteiger partial charge in [-0.1, -0.05) is 5.16 Å². The van der Waals surface area contributed by atoms with Crippen molar-refractivity contribution >= 4 is 11.8 Å². The third-order valence-electron chi connectivity index (χ3n) is 6.34. The Hall–Kier alpha value is -1.93. The van der Waals surface area contributed by atoms with Crippen molar-refractivity contribution < 1.29 is 18.8 Å². The molecule has 3 fully saturated rings. The van der Waals surface area contributed by atoms with Crippen LogP contribution in [0.1, 0.15) is 47.5 Å². The predicted molar refractivity (Wildman–Crippen MR) is 107 cm³/mol. The van der Waals surface area contributed by atoms with E-state index >= 15 is 0 Å². The lowest BCUT2D eigenvalue weighted by molar-refractivity contribution is -0.136. The molecule has 0 radical (unpaired) electrons. The minimum atomic E-state index is -0.0297. The Labute approximate surface area is 172 Å². The summed E-state index contributed by atoms with van der Waals surface area (Å²) in [5, 5.41) is 3.92. The van der Waals surface area contributed by atoms with Crippen molar-refractivity contribution in [2.75, 3.05) is 52.5 Å². The molecular weight excluding hydrogens is 372 g/mol. The van der Waals surface area contributed by atoms with Crippen molar-refractivity contribution in [2.24, 2.45) is 5.92 Å². The van der Waals surface area contributed by atoms with Gasteiger partial charge < -0.3 is 19.1 Å². The second-order valence-electron chi connectivity index (χ2n) is 8.51. The van der Waals surface area contributed by atoms with Crippen LogP contribution in [0.3, 0.4) is 0 Å². The van der Waals surface area contributed by atoms with Gasteiger partial charge in [-0.05, 0) is 39.5 Å². The second-order valence-corrected chi connectivity index (χ2v) is 8.51. The van der Waals surface area contributed by atoms with Gasteiger partial charge in [0.05, 0.1) is 18.9 Å². The highest BCUT2D eigenvalue weighted by molar-refractivity contribution is 5.96. The maximum Gasteiger partial charge on any atom is 0.259 e. The smallest absolute Gasteiger partial charge is 0.259 e. The lowest BCUT2D eigenvalue weighted by atomic mass is 10.0. The van der Waals surface area contributed by atoms with E-state index < -0.39 is 0 Å². The van der Waals surface area contributed by atoms with Gasteiger partial charge in [0.2, 0.25) is 5.91 Å². The van der Waals surface area contributed by atoms with Crippen molar-refractivity contribution in [3.05, 3.63) is 17.0 Å². The third-order valence-corrected chi connectivity index (χ3v) is 6.34. The van der Waals surface area contributed by atoms with E-state index in [9.17, 15) is 9.59 Å². The molecule has 3 aliphatic rings. The summed E-state index contributed by atoms with van der Waals surface area (Å²) in [4.78, 5) is 32.5. The maximum atomic E-state index is 13.1. The first-order valence-corrected chi connectivity index (χ1v) is 10.9. The standard InChI is InChI=1S/C21H32N4O4/c1-15-19(16(2)29-22-15)21(27)24-7-3-4-18(14-24)25(20(26)17-5-6-17)9-8-23-10-12-28-13-11-23/h17-18H,3-14H2,1-2H3. The van der Waals surface area contributed by atoms with Crippen molar-refractivity contribution in [3.63, 3.8) is 0 Å². The number of carbonyl (C=O) groups is 2.